The number of amides is 1. The van der Waals surface area contributed by atoms with E-state index in [2.05, 4.69) is 0 Å². The maximum absolute atomic E-state index is 12.2. The molecule has 0 aromatic heterocycles. The number of likely N-dealkylation sites (tertiary alicyclic amines) is 1. The van der Waals surface area contributed by atoms with E-state index in [0.717, 1.165) is 23.6 Å². The molecule has 1 fully saturated rings. The molecule has 2 atom stereocenters. The number of sulfonamides is 1. The number of rotatable bonds is 6. The van der Waals surface area contributed by atoms with Crippen LogP contribution in [0, 0.1) is 0 Å². The van der Waals surface area contributed by atoms with E-state index in [-0.39, 0.29) is 17.7 Å². The molecule has 2 unspecified atom stereocenters. The molecule has 8 heteroatoms. The summed E-state index contributed by atoms with van der Waals surface area (Å²) < 4.78 is 25.2. The highest BCUT2D eigenvalue weighted by molar-refractivity contribution is 7.89. The fourth-order valence-electron chi connectivity index (χ4n) is 2.54. The van der Waals surface area contributed by atoms with E-state index in [9.17, 15) is 18.0 Å². The highest BCUT2D eigenvalue weighted by Gasteiger charge is 2.30. The molecule has 7 nitrogen and oxygen atoms in total. The minimum atomic E-state index is -3.64. The predicted octanol–water partition coefficient (Wildman–Crippen LogP) is 0.512. The van der Waals surface area contributed by atoms with Gasteiger partial charge >= 0.3 is 5.97 Å². The largest absolute Gasteiger partial charge is 0.480 e. The van der Waals surface area contributed by atoms with Gasteiger partial charge in [-0.25, -0.2) is 8.42 Å². The lowest BCUT2D eigenvalue weighted by atomic mass is 10.00. The molecule has 122 valence electrons. The Morgan fingerprint density at radius 2 is 2.00 bits per heavy atom. The third-order valence-corrected chi connectivity index (χ3v) is 6.03. The Morgan fingerprint density at radius 3 is 2.52 bits per heavy atom. The summed E-state index contributed by atoms with van der Waals surface area (Å²) in [5, 5.41) is 8.89. The quantitative estimate of drug-likeness (QED) is 0.769. The van der Waals surface area contributed by atoms with Gasteiger partial charge in [0.05, 0.1) is 5.75 Å². The van der Waals surface area contributed by atoms with E-state index in [1.54, 1.807) is 4.90 Å². The molecule has 0 spiro atoms. The van der Waals surface area contributed by atoms with E-state index in [1.165, 1.54) is 20.9 Å². The van der Waals surface area contributed by atoms with Crippen molar-refractivity contribution in [3.8, 4) is 0 Å². The van der Waals surface area contributed by atoms with Crippen LogP contribution in [0.5, 0.6) is 0 Å². The average molecular weight is 320 g/mol. The second-order valence-corrected chi connectivity index (χ2v) is 7.65. The lowest BCUT2D eigenvalue weighted by molar-refractivity contribution is -0.140. The molecule has 0 aromatic rings. The van der Waals surface area contributed by atoms with E-state index < -0.39 is 22.0 Å². The Morgan fingerprint density at radius 1 is 1.38 bits per heavy atom. The second kappa shape index (κ2) is 7.22. The number of aliphatic carboxylic acids is 1. The lowest BCUT2D eigenvalue weighted by Crippen LogP contribution is -2.45. The van der Waals surface area contributed by atoms with Crippen LogP contribution >= 0.6 is 0 Å². The molecule has 1 N–H and O–H groups in total. The molecule has 1 aliphatic rings. The maximum Gasteiger partial charge on any atom is 0.321 e. The molecule has 1 heterocycles. The van der Waals surface area contributed by atoms with Crippen molar-refractivity contribution >= 4 is 21.9 Å². The van der Waals surface area contributed by atoms with Crippen molar-refractivity contribution in [3.05, 3.63) is 0 Å². The maximum atomic E-state index is 12.2. The van der Waals surface area contributed by atoms with E-state index in [0.29, 0.717) is 13.0 Å². The van der Waals surface area contributed by atoms with Crippen LogP contribution in [0.2, 0.25) is 0 Å². The van der Waals surface area contributed by atoms with Crippen LogP contribution in [0.3, 0.4) is 0 Å². The first-order chi connectivity index (χ1) is 9.66. The van der Waals surface area contributed by atoms with Gasteiger partial charge in [-0.3, -0.25) is 9.59 Å². The number of likely N-dealkylation sites (N-methyl/N-ethyl adjacent to an activating group) is 1. The Kier molecular flexibility index (Phi) is 6.15. The molecule has 0 saturated carbocycles. The SMILES string of the molecule is CC(=O)N1CCCCC1CCS(=O)(=O)N(C)C(C)C(=O)O. The smallest absolute Gasteiger partial charge is 0.321 e. The molecular weight excluding hydrogens is 296 g/mol. The number of piperidine rings is 1. The Bertz CT molecular complexity index is 491. The molecule has 0 aliphatic carbocycles. The molecule has 0 radical (unpaired) electrons. The zero-order valence-electron chi connectivity index (χ0n) is 12.8. The van der Waals surface area contributed by atoms with E-state index in [4.69, 9.17) is 5.11 Å². The molecule has 0 bridgehead atoms. The van der Waals surface area contributed by atoms with Crippen molar-refractivity contribution < 1.29 is 23.1 Å². The Hall–Kier alpha value is -1.15. The fourth-order valence-corrected chi connectivity index (χ4v) is 3.97. The molecule has 1 aliphatic heterocycles. The van der Waals surface area contributed by atoms with Gasteiger partial charge in [0.25, 0.3) is 0 Å². The number of hydrogen-bond donors (Lipinski definition) is 1. The van der Waals surface area contributed by atoms with Crippen molar-refractivity contribution in [2.75, 3.05) is 19.3 Å². The first-order valence-corrected chi connectivity index (χ1v) is 8.73. The van der Waals surface area contributed by atoms with Gasteiger partial charge in [-0.2, -0.15) is 4.31 Å². The highest BCUT2D eigenvalue weighted by Crippen LogP contribution is 2.21. The topological polar surface area (TPSA) is 95.0 Å². The van der Waals surface area contributed by atoms with Crippen LogP contribution in [0.25, 0.3) is 0 Å². The number of nitrogens with zero attached hydrogens (tertiary/aromatic N) is 2. The van der Waals surface area contributed by atoms with Gasteiger partial charge in [0.1, 0.15) is 6.04 Å². The van der Waals surface area contributed by atoms with Crippen LogP contribution in [0.4, 0.5) is 0 Å². The van der Waals surface area contributed by atoms with Gasteiger partial charge in [0, 0.05) is 26.6 Å². The monoisotopic (exact) mass is 320 g/mol. The van der Waals surface area contributed by atoms with Crippen molar-refractivity contribution in [3.63, 3.8) is 0 Å². The first kappa shape index (κ1) is 17.9. The number of carboxylic acids is 1. The number of carboxylic acid groups (broad SMARTS) is 1. The number of hydrogen-bond acceptors (Lipinski definition) is 4. The standard InChI is InChI=1S/C13H24N2O5S/c1-10(13(17)18)14(3)21(19,20)9-7-12-6-4-5-8-15(12)11(2)16/h10,12H,4-9H2,1-3H3,(H,17,18). The third kappa shape index (κ3) is 4.67. The van der Waals surface area contributed by atoms with Crippen molar-refractivity contribution in [1.82, 2.24) is 9.21 Å². The molecule has 0 aromatic carbocycles. The average Bonchev–Trinajstić information content (AvgIpc) is 2.43. The van der Waals surface area contributed by atoms with Crippen LogP contribution in [-0.4, -0.2) is 66.0 Å². The molecule has 1 rings (SSSR count). The van der Waals surface area contributed by atoms with Gasteiger partial charge in [0.15, 0.2) is 0 Å². The minimum absolute atomic E-state index is 0.0376. The number of carbonyl (C=O) groups is 2. The summed E-state index contributed by atoms with van der Waals surface area (Å²) in [6.45, 7) is 3.50. The van der Waals surface area contributed by atoms with Crippen LogP contribution < -0.4 is 0 Å². The summed E-state index contributed by atoms with van der Waals surface area (Å²) >= 11 is 0. The molecule has 1 saturated heterocycles. The summed E-state index contributed by atoms with van der Waals surface area (Å²) in [5.74, 6) is -1.36. The van der Waals surface area contributed by atoms with Gasteiger partial charge in [-0.05, 0) is 32.6 Å². The second-order valence-electron chi connectivity index (χ2n) is 5.50. The van der Waals surface area contributed by atoms with E-state index in [1.807, 2.05) is 0 Å². The van der Waals surface area contributed by atoms with Crippen molar-refractivity contribution in [1.29, 1.82) is 0 Å². The van der Waals surface area contributed by atoms with Gasteiger partial charge in [-0.15, -0.1) is 0 Å². The summed E-state index contributed by atoms with van der Waals surface area (Å²) in [4.78, 5) is 24.2. The first-order valence-electron chi connectivity index (χ1n) is 7.12. The Labute approximate surface area is 126 Å². The zero-order valence-corrected chi connectivity index (χ0v) is 13.6. The fraction of sp³-hybridized carbons (Fsp3) is 0.846. The molecular formula is C13H24N2O5S. The molecule has 21 heavy (non-hydrogen) atoms. The van der Waals surface area contributed by atoms with Gasteiger partial charge in [0.2, 0.25) is 15.9 Å². The van der Waals surface area contributed by atoms with Crippen molar-refractivity contribution in [2.45, 2.75) is 51.6 Å². The Balaban J connectivity index is 2.67. The van der Waals surface area contributed by atoms with Gasteiger partial charge in [-0.1, -0.05) is 0 Å². The normalized spacial score (nSPS) is 21.3. The van der Waals surface area contributed by atoms with Crippen LogP contribution in [0.15, 0.2) is 0 Å². The molecule has 1 amide bonds. The minimum Gasteiger partial charge on any atom is -0.480 e. The van der Waals surface area contributed by atoms with Crippen LogP contribution in [0.1, 0.15) is 39.5 Å². The van der Waals surface area contributed by atoms with Crippen LogP contribution in [-0.2, 0) is 19.6 Å². The highest BCUT2D eigenvalue weighted by atomic mass is 32.2. The van der Waals surface area contributed by atoms with Gasteiger partial charge < -0.3 is 10.0 Å². The summed E-state index contributed by atoms with van der Waals surface area (Å²) in [6, 6.07) is -1.16. The number of carbonyl (C=O) groups excluding carboxylic acids is 1. The summed E-state index contributed by atoms with van der Waals surface area (Å²) in [6.07, 6.45) is 3.07. The predicted molar refractivity (Wildman–Crippen MR) is 78.3 cm³/mol. The lowest BCUT2D eigenvalue weighted by Gasteiger charge is -2.35. The van der Waals surface area contributed by atoms with E-state index >= 15 is 0 Å². The summed E-state index contributed by atoms with van der Waals surface area (Å²) in [5.41, 5.74) is 0. The summed E-state index contributed by atoms with van der Waals surface area (Å²) in [7, 11) is -2.36. The third-order valence-electron chi connectivity index (χ3n) is 4.08. The van der Waals surface area contributed by atoms with Crippen molar-refractivity contribution in [2.24, 2.45) is 0 Å². The zero-order chi connectivity index (χ0) is 16.2.